The summed E-state index contributed by atoms with van der Waals surface area (Å²) in [5.41, 5.74) is 5.18. The molecule has 192 valence electrons. The molecule has 1 amide bonds. The number of likely N-dealkylation sites (tertiary alicyclic amines) is 1. The van der Waals surface area contributed by atoms with Crippen molar-refractivity contribution in [3.05, 3.63) is 84.1 Å². The fourth-order valence-electron chi connectivity index (χ4n) is 3.97. The number of halogens is 3. The van der Waals surface area contributed by atoms with Crippen molar-refractivity contribution >= 4 is 17.5 Å². The van der Waals surface area contributed by atoms with E-state index in [9.17, 15) is 18.0 Å². The second-order valence-corrected chi connectivity index (χ2v) is 8.72. The molecule has 0 saturated carbocycles. The molecule has 4 heterocycles. The van der Waals surface area contributed by atoms with Crippen LogP contribution in [0.25, 0.3) is 16.8 Å². The highest BCUT2D eigenvalue weighted by molar-refractivity contribution is 5.79. The maximum atomic E-state index is 12.7. The fraction of sp³-hybridized carbons (Fsp3) is 0.269. The molecule has 1 unspecified atom stereocenters. The highest BCUT2D eigenvalue weighted by atomic mass is 19.4. The van der Waals surface area contributed by atoms with Crippen molar-refractivity contribution in [3.8, 4) is 11.1 Å². The maximum Gasteiger partial charge on any atom is 0.490 e. The van der Waals surface area contributed by atoms with E-state index < -0.39 is 12.1 Å². The summed E-state index contributed by atoms with van der Waals surface area (Å²) in [6, 6.07) is 16.1. The summed E-state index contributed by atoms with van der Waals surface area (Å²) in [5.74, 6) is -1.60. The molecule has 0 radical (unpaired) electrons. The van der Waals surface area contributed by atoms with E-state index in [-0.39, 0.29) is 11.8 Å². The number of hydrogen-bond donors (Lipinski definition) is 1. The minimum atomic E-state index is -5.08. The minimum Gasteiger partial charge on any atom is -0.475 e. The number of benzene rings is 1. The van der Waals surface area contributed by atoms with Crippen LogP contribution in [0.1, 0.15) is 29.3 Å². The van der Waals surface area contributed by atoms with Crippen LogP contribution in [0.2, 0.25) is 0 Å². The standard InChI is InChI=1S/C24H23N5O.C2HF3O2/c1-17-4-6-18(7-5-17)13-23(30)28-12-10-21(15-28)24-26-22-9-8-20(16-29(22)27-24)19-3-2-11-25-14-19;3-2(4,5)1(6)7/h2-9,11,14,16,21H,10,12-13,15H2,1H3;(H,6,7). The number of aliphatic carboxylic acids is 1. The second kappa shape index (κ2) is 10.8. The lowest BCUT2D eigenvalue weighted by molar-refractivity contribution is -0.192. The molecule has 1 aliphatic heterocycles. The smallest absolute Gasteiger partial charge is 0.475 e. The zero-order valence-corrected chi connectivity index (χ0v) is 19.9. The molecule has 8 nitrogen and oxygen atoms in total. The van der Waals surface area contributed by atoms with Crippen LogP contribution in [0.3, 0.4) is 0 Å². The molecule has 1 aromatic carbocycles. The van der Waals surface area contributed by atoms with Crippen molar-refractivity contribution in [1.82, 2.24) is 24.5 Å². The van der Waals surface area contributed by atoms with Crippen LogP contribution in [-0.2, 0) is 16.0 Å². The van der Waals surface area contributed by atoms with Gasteiger partial charge in [-0.05, 0) is 37.1 Å². The molecule has 1 fully saturated rings. The van der Waals surface area contributed by atoms with E-state index in [4.69, 9.17) is 20.0 Å². The van der Waals surface area contributed by atoms with E-state index in [2.05, 4.69) is 24.0 Å². The van der Waals surface area contributed by atoms with Crippen LogP contribution in [0.15, 0.2) is 67.1 Å². The Balaban J connectivity index is 0.000000405. The van der Waals surface area contributed by atoms with Crippen LogP contribution in [0, 0.1) is 6.92 Å². The van der Waals surface area contributed by atoms with Gasteiger partial charge in [-0.3, -0.25) is 9.78 Å². The van der Waals surface area contributed by atoms with Gasteiger partial charge in [0.05, 0.1) is 6.42 Å². The molecule has 0 aliphatic carbocycles. The summed E-state index contributed by atoms with van der Waals surface area (Å²) in [5, 5.41) is 11.8. The van der Waals surface area contributed by atoms with Gasteiger partial charge in [0.1, 0.15) is 0 Å². The van der Waals surface area contributed by atoms with Crippen molar-refractivity contribution in [3.63, 3.8) is 0 Å². The van der Waals surface area contributed by atoms with E-state index in [1.54, 1.807) is 6.20 Å². The molecule has 1 N–H and O–H groups in total. The summed E-state index contributed by atoms with van der Waals surface area (Å²) in [6.45, 7) is 3.49. The van der Waals surface area contributed by atoms with Crippen LogP contribution in [-0.4, -0.2) is 60.7 Å². The van der Waals surface area contributed by atoms with E-state index in [0.29, 0.717) is 13.0 Å². The van der Waals surface area contributed by atoms with Gasteiger partial charge in [-0.25, -0.2) is 14.3 Å². The number of aromatic nitrogens is 4. The first-order valence-electron chi connectivity index (χ1n) is 11.5. The van der Waals surface area contributed by atoms with Gasteiger partial charge in [0.25, 0.3) is 0 Å². The molecule has 3 aromatic heterocycles. The topological polar surface area (TPSA) is 101 Å². The van der Waals surface area contributed by atoms with Crippen LogP contribution in [0.5, 0.6) is 0 Å². The van der Waals surface area contributed by atoms with Gasteiger partial charge >= 0.3 is 12.1 Å². The van der Waals surface area contributed by atoms with Gasteiger partial charge in [-0.15, -0.1) is 0 Å². The summed E-state index contributed by atoms with van der Waals surface area (Å²) in [4.78, 5) is 32.5. The number of hydrogen-bond acceptors (Lipinski definition) is 5. The number of carboxylic acid groups (broad SMARTS) is 1. The number of nitrogens with zero attached hydrogens (tertiary/aromatic N) is 5. The number of pyridine rings is 2. The molecule has 1 aliphatic rings. The van der Waals surface area contributed by atoms with Crippen molar-refractivity contribution < 1.29 is 27.9 Å². The Morgan fingerprint density at radius 3 is 2.46 bits per heavy atom. The Labute approximate surface area is 210 Å². The van der Waals surface area contributed by atoms with Crippen molar-refractivity contribution in [2.75, 3.05) is 13.1 Å². The normalized spacial score (nSPS) is 15.4. The Hall–Kier alpha value is -4.28. The van der Waals surface area contributed by atoms with E-state index in [0.717, 1.165) is 41.1 Å². The van der Waals surface area contributed by atoms with Crippen LogP contribution >= 0.6 is 0 Å². The number of aryl methyl sites for hydroxylation is 1. The number of alkyl halides is 3. The monoisotopic (exact) mass is 511 g/mol. The van der Waals surface area contributed by atoms with Crippen LogP contribution in [0.4, 0.5) is 13.2 Å². The first-order chi connectivity index (χ1) is 17.6. The number of amides is 1. The maximum absolute atomic E-state index is 12.7. The average Bonchev–Trinajstić information content (AvgIpc) is 3.53. The number of carbonyl (C=O) groups is 2. The molecule has 0 spiro atoms. The highest BCUT2D eigenvalue weighted by Gasteiger charge is 2.38. The highest BCUT2D eigenvalue weighted by Crippen LogP contribution is 2.27. The molecule has 1 atom stereocenters. The molecular weight excluding hydrogens is 487 g/mol. The first kappa shape index (κ1) is 25.8. The van der Waals surface area contributed by atoms with E-state index in [1.807, 2.05) is 58.2 Å². The van der Waals surface area contributed by atoms with Crippen LogP contribution < -0.4 is 0 Å². The number of rotatable bonds is 4. The SMILES string of the molecule is Cc1ccc(CC(=O)N2CCC(c3nc4ccc(-c5cccnc5)cn4n3)C2)cc1.O=C(O)C(F)(F)F. The third-order valence-corrected chi connectivity index (χ3v) is 5.97. The van der Waals surface area contributed by atoms with Gasteiger partial charge in [0, 0.05) is 48.7 Å². The molecule has 1 saturated heterocycles. The van der Waals surface area contributed by atoms with Gasteiger partial charge in [0.15, 0.2) is 11.5 Å². The minimum absolute atomic E-state index is 0.170. The van der Waals surface area contributed by atoms with E-state index in [1.165, 1.54) is 5.56 Å². The Kier molecular flexibility index (Phi) is 7.51. The number of carboxylic acids is 1. The lowest BCUT2D eigenvalue weighted by atomic mass is 10.1. The molecule has 11 heteroatoms. The molecule has 5 rings (SSSR count). The third kappa shape index (κ3) is 6.49. The van der Waals surface area contributed by atoms with Gasteiger partial charge in [-0.2, -0.15) is 18.3 Å². The quantitative estimate of drug-likeness (QED) is 0.439. The van der Waals surface area contributed by atoms with Gasteiger partial charge < -0.3 is 10.0 Å². The second-order valence-electron chi connectivity index (χ2n) is 8.72. The van der Waals surface area contributed by atoms with Gasteiger partial charge in [0.2, 0.25) is 5.91 Å². The lowest BCUT2D eigenvalue weighted by Crippen LogP contribution is -2.30. The average molecular weight is 512 g/mol. The number of fused-ring (bicyclic) bond motifs is 1. The fourth-order valence-corrected chi connectivity index (χ4v) is 3.97. The summed E-state index contributed by atoms with van der Waals surface area (Å²) in [6.07, 6.45) is 1.85. The predicted molar refractivity (Wildman–Crippen MR) is 129 cm³/mol. The molecule has 37 heavy (non-hydrogen) atoms. The zero-order chi connectivity index (χ0) is 26.6. The lowest BCUT2D eigenvalue weighted by Gasteiger charge is -2.16. The molecule has 0 bridgehead atoms. The first-order valence-corrected chi connectivity index (χ1v) is 11.5. The summed E-state index contributed by atoms with van der Waals surface area (Å²) < 4.78 is 33.6. The Bertz CT molecular complexity index is 1390. The van der Waals surface area contributed by atoms with Crippen molar-refractivity contribution in [1.29, 1.82) is 0 Å². The summed E-state index contributed by atoms with van der Waals surface area (Å²) >= 11 is 0. The molecular formula is C26H24F3N5O3. The zero-order valence-electron chi connectivity index (χ0n) is 19.9. The largest absolute Gasteiger partial charge is 0.490 e. The van der Waals surface area contributed by atoms with E-state index >= 15 is 0 Å². The van der Waals surface area contributed by atoms with Crippen molar-refractivity contribution in [2.45, 2.75) is 31.9 Å². The third-order valence-electron chi connectivity index (χ3n) is 5.97. The number of carbonyl (C=O) groups excluding carboxylic acids is 1. The Morgan fingerprint density at radius 2 is 1.81 bits per heavy atom. The van der Waals surface area contributed by atoms with Gasteiger partial charge in [-0.1, -0.05) is 35.9 Å². The molecule has 4 aromatic rings. The Morgan fingerprint density at radius 1 is 1.08 bits per heavy atom. The predicted octanol–water partition coefficient (Wildman–Crippen LogP) is 4.29. The summed E-state index contributed by atoms with van der Waals surface area (Å²) in [7, 11) is 0. The van der Waals surface area contributed by atoms with Crippen molar-refractivity contribution in [2.24, 2.45) is 0 Å².